The van der Waals surface area contributed by atoms with Crippen molar-refractivity contribution in [3.63, 3.8) is 0 Å². The van der Waals surface area contributed by atoms with Crippen LogP contribution in [0.4, 0.5) is 10.1 Å². The Hall–Kier alpha value is -3.76. The van der Waals surface area contributed by atoms with Crippen LogP contribution in [0.25, 0.3) is 0 Å². The lowest BCUT2D eigenvalue weighted by Crippen LogP contribution is -2.50. The number of fused-ring (bicyclic) bond motifs is 1. The highest BCUT2D eigenvalue weighted by molar-refractivity contribution is 7.89. The number of ether oxygens (including phenoxy) is 2. The molecule has 35 heavy (non-hydrogen) atoms. The molecule has 182 valence electrons. The number of hydrogen-bond acceptors (Lipinski definition) is 6. The molecule has 4 rings (SSSR count). The molecule has 0 saturated carbocycles. The number of methoxy groups -OCH3 is 1. The van der Waals surface area contributed by atoms with E-state index < -0.39 is 40.4 Å². The minimum Gasteiger partial charge on any atom is -0.475 e. The fourth-order valence-corrected chi connectivity index (χ4v) is 5.11. The van der Waals surface area contributed by atoms with Gasteiger partial charge in [-0.2, -0.15) is 4.31 Å². The number of benzene rings is 3. The first-order valence-electron chi connectivity index (χ1n) is 10.7. The number of esters is 1. The zero-order valence-electron chi connectivity index (χ0n) is 18.8. The van der Waals surface area contributed by atoms with Crippen LogP contribution in [0.5, 0.6) is 5.75 Å². The maximum absolute atomic E-state index is 13.5. The van der Waals surface area contributed by atoms with E-state index in [1.165, 1.54) is 12.0 Å². The van der Waals surface area contributed by atoms with Crippen LogP contribution in [-0.2, 0) is 30.9 Å². The van der Waals surface area contributed by atoms with Gasteiger partial charge in [0.15, 0.2) is 0 Å². The van der Waals surface area contributed by atoms with Gasteiger partial charge in [-0.3, -0.25) is 4.79 Å². The second-order valence-corrected chi connectivity index (χ2v) is 9.75. The van der Waals surface area contributed by atoms with E-state index in [0.717, 1.165) is 28.6 Å². The Morgan fingerprint density at radius 1 is 1.03 bits per heavy atom. The lowest BCUT2D eigenvalue weighted by molar-refractivity contribution is -0.148. The van der Waals surface area contributed by atoms with Crippen molar-refractivity contribution < 1.29 is 31.9 Å². The van der Waals surface area contributed by atoms with Crippen LogP contribution in [-0.4, -0.2) is 50.9 Å². The highest BCUT2D eigenvalue weighted by Crippen LogP contribution is 2.34. The normalized spacial score (nSPS) is 15.3. The van der Waals surface area contributed by atoms with E-state index in [1.807, 2.05) is 0 Å². The molecule has 3 aromatic carbocycles. The molecule has 1 atom stereocenters. The first kappa shape index (κ1) is 24.4. The van der Waals surface area contributed by atoms with Crippen LogP contribution in [0, 0.1) is 5.82 Å². The van der Waals surface area contributed by atoms with Crippen LogP contribution in [0.3, 0.4) is 0 Å². The number of sulfonamides is 1. The molecule has 1 amide bonds. The summed E-state index contributed by atoms with van der Waals surface area (Å²) < 4.78 is 51.8. The third kappa shape index (κ3) is 5.33. The first-order chi connectivity index (χ1) is 16.8. The Kier molecular flexibility index (Phi) is 7.13. The van der Waals surface area contributed by atoms with Crippen molar-refractivity contribution in [2.24, 2.45) is 0 Å². The molecule has 0 aliphatic carbocycles. The summed E-state index contributed by atoms with van der Waals surface area (Å²) in [7, 11) is -2.95. The maximum atomic E-state index is 13.5. The molecule has 3 aromatic rings. The zero-order chi connectivity index (χ0) is 25.0. The monoisotopic (exact) mass is 498 g/mol. The summed E-state index contributed by atoms with van der Waals surface area (Å²) in [6, 6.07) is 19.9. The largest absolute Gasteiger partial charge is 0.475 e. The number of hydrogen-bond donors (Lipinski definition) is 0. The minimum absolute atomic E-state index is 0.0846. The van der Waals surface area contributed by atoms with Gasteiger partial charge in [0.1, 0.15) is 11.6 Å². The Labute approximate surface area is 202 Å². The zero-order valence-corrected chi connectivity index (χ0v) is 19.7. The molecule has 10 heteroatoms. The van der Waals surface area contributed by atoms with Crippen molar-refractivity contribution in [3.05, 3.63) is 90.2 Å². The smallest absolute Gasteiger partial charge is 0.348 e. The summed E-state index contributed by atoms with van der Waals surface area (Å²) in [6.07, 6.45) is -1.06. The van der Waals surface area contributed by atoms with Crippen LogP contribution in [0.2, 0.25) is 0 Å². The van der Waals surface area contributed by atoms with Crippen molar-refractivity contribution in [2.75, 3.05) is 25.1 Å². The molecule has 1 aliphatic rings. The number of halogens is 1. The molecule has 0 spiro atoms. The number of anilines is 1. The average Bonchev–Trinajstić information content (AvgIpc) is 2.88. The quantitative estimate of drug-likeness (QED) is 0.465. The maximum Gasteiger partial charge on any atom is 0.348 e. The molecule has 0 fully saturated rings. The molecule has 1 heterocycles. The highest BCUT2D eigenvalue weighted by atomic mass is 32.2. The Bertz CT molecular complexity index is 1320. The summed E-state index contributed by atoms with van der Waals surface area (Å²) in [5.41, 5.74) is 1.08. The number of carbonyl (C=O) groups is 2. The van der Waals surface area contributed by atoms with E-state index in [4.69, 9.17) is 9.47 Å². The number of carbonyl (C=O) groups excluding carboxylic acids is 2. The number of para-hydroxylation sites is 2. The van der Waals surface area contributed by atoms with Crippen LogP contribution in [0.1, 0.15) is 5.56 Å². The van der Waals surface area contributed by atoms with Crippen molar-refractivity contribution in [3.8, 4) is 5.75 Å². The van der Waals surface area contributed by atoms with Crippen LogP contribution < -0.4 is 9.64 Å². The van der Waals surface area contributed by atoms with Gasteiger partial charge in [-0.25, -0.2) is 17.6 Å². The Morgan fingerprint density at radius 3 is 2.37 bits per heavy atom. The van der Waals surface area contributed by atoms with Crippen molar-refractivity contribution in [1.29, 1.82) is 0 Å². The van der Waals surface area contributed by atoms with Crippen molar-refractivity contribution in [2.45, 2.75) is 17.5 Å². The average molecular weight is 499 g/mol. The molecule has 0 radical (unpaired) electrons. The molecule has 0 saturated heterocycles. The summed E-state index contributed by atoms with van der Waals surface area (Å²) in [6.45, 7) is -0.742. The molecule has 1 unspecified atom stereocenters. The minimum atomic E-state index is -4.17. The summed E-state index contributed by atoms with van der Waals surface area (Å²) in [5.74, 6) is -1.49. The third-order valence-corrected chi connectivity index (χ3v) is 7.31. The Morgan fingerprint density at radius 2 is 1.69 bits per heavy atom. The molecule has 0 aromatic heterocycles. The first-order valence-corrected chi connectivity index (χ1v) is 12.2. The summed E-state index contributed by atoms with van der Waals surface area (Å²) in [4.78, 5) is 26.8. The van der Waals surface area contributed by atoms with E-state index in [9.17, 15) is 22.4 Å². The van der Waals surface area contributed by atoms with E-state index in [-0.39, 0.29) is 18.0 Å². The van der Waals surface area contributed by atoms with E-state index in [0.29, 0.717) is 17.0 Å². The summed E-state index contributed by atoms with van der Waals surface area (Å²) in [5, 5.41) is 0. The molecule has 0 bridgehead atoms. The van der Waals surface area contributed by atoms with Gasteiger partial charge in [0.2, 0.25) is 22.0 Å². The molecular weight excluding hydrogens is 475 g/mol. The summed E-state index contributed by atoms with van der Waals surface area (Å²) >= 11 is 0. The van der Waals surface area contributed by atoms with Gasteiger partial charge in [0.05, 0.1) is 30.8 Å². The van der Waals surface area contributed by atoms with Gasteiger partial charge in [-0.05, 0) is 42.0 Å². The molecule has 0 N–H and O–H groups in total. The molecule has 1 aliphatic heterocycles. The van der Waals surface area contributed by atoms with Crippen LogP contribution >= 0.6 is 0 Å². The molecule has 8 nitrogen and oxygen atoms in total. The van der Waals surface area contributed by atoms with Gasteiger partial charge >= 0.3 is 5.97 Å². The number of rotatable bonds is 7. The Balaban J connectivity index is 1.67. The van der Waals surface area contributed by atoms with E-state index in [2.05, 4.69) is 0 Å². The van der Waals surface area contributed by atoms with Crippen LogP contribution in [0.15, 0.2) is 83.8 Å². The predicted octanol–water partition coefficient (Wildman–Crippen LogP) is 2.98. The topological polar surface area (TPSA) is 93.2 Å². The second kappa shape index (κ2) is 10.2. The fourth-order valence-electron chi connectivity index (χ4n) is 3.73. The van der Waals surface area contributed by atoms with Gasteiger partial charge in [-0.15, -0.1) is 0 Å². The SMILES string of the molecule is COC(=O)C1CN(C(=O)CN(Cc2ccccc2)S(=O)(=O)c2ccc(F)cc2)c2ccccc2O1. The highest BCUT2D eigenvalue weighted by Gasteiger charge is 2.36. The van der Waals surface area contributed by atoms with E-state index in [1.54, 1.807) is 54.6 Å². The number of amides is 1. The lowest BCUT2D eigenvalue weighted by Gasteiger charge is -2.34. The van der Waals surface area contributed by atoms with Gasteiger partial charge in [0, 0.05) is 6.54 Å². The standard InChI is InChI=1S/C25H23FN2O6S/c1-33-25(30)23-16-28(21-9-5-6-10-22(21)34-23)24(29)17-27(15-18-7-3-2-4-8-18)35(31,32)20-13-11-19(26)12-14-20/h2-14,23H,15-17H2,1H3. The predicted molar refractivity (Wildman–Crippen MR) is 126 cm³/mol. The lowest BCUT2D eigenvalue weighted by atomic mass is 10.2. The molecular formula is C25H23FN2O6S. The van der Waals surface area contributed by atoms with E-state index >= 15 is 0 Å². The van der Waals surface area contributed by atoms with Crippen molar-refractivity contribution >= 4 is 27.6 Å². The van der Waals surface area contributed by atoms with Gasteiger partial charge in [0.25, 0.3) is 0 Å². The number of nitrogens with zero attached hydrogens (tertiary/aromatic N) is 2. The second-order valence-electron chi connectivity index (χ2n) is 7.81. The third-order valence-electron chi connectivity index (χ3n) is 5.50. The van der Waals surface area contributed by atoms with Gasteiger partial charge < -0.3 is 14.4 Å². The van der Waals surface area contributed by atoms with Gasteiger partial charge in [-0.1, -0.05) is 42.5 Å². The van der Waals surface area contributed by atoms with Crippen molar-refractivity contribution in [1.82, 2.24) is 4.31 Å². The fraction of sp³-hybridized carbons (Fsp3) is 0.200.